The van der Waals surface area contributed by atoms with Crippen LogP contribution in [0.25, 0.3) is 0 Å². The van der Waals surface area contributed by atoms with Gasteiger partial charge in [-0.05, 0) is 122 Å². The van der Waals surface area contributed by atoms with Crippen LogP contribution in [0.5, 0.6) is 0 Å². The Kier molecular flexibility index (Phi) is 67.7. The van der Waals surface area contributed by atoms with Crippen molar-refractivity contribution < 1.29 is 28.6 Å². The van der Waals surface area contributed by atoms with Crippen molar-refractivity contribution in [3.05, 3.63) is 97.2 Å². The Labute approximate surface area is 515 Å². The van der Waals surface area contributed by atoms with Gasteiger partial charge in [0.15, 0.2) is 6.10 Å². The lowest BCUT2D eigenvalue weighted by atomic mass is 10.0. The number of unbranched alkanes of at least 4 members (excludes halogenated alkanes) is 38. The average molecular weight is 1160 g/mol. The monoisotopic (exact) mass is 1160 g/mol. The topological polar surface area (TPSA) is 78.9 Å². The molecule has 0 radical (unpaired) electrons. The van der Waals surface area contributed by atoms with Crippen LogP contribution in [0, 0.1) is 0 Å². The first-order valence-corrected chi connectivity index (χ1v) is 35.7. The van der Waals surface area contributed by atoms with Gasteiger partial charge in [-0.2, -0.15) is 0 Å². The fourth-order valence-corrected chi connectivity index (χ4v) is 10.2. The molecule has 478 valence electrons. The van der Waals surface area contributed by atoms with Crippen LogP contribution in [0.3, 0.4) is 0 Å². The van der Waals surface area contributed by atoms with Gasteiger partial charge in [0.1, 0.15) is 13.2 Å². The lowest BCUT2D eigenvalue weighted by Gasteiger charge is -2.18. The van der Waals surface area contributed by atoms with Crippen molar-refractivity contribution in [2.75, 3.05) is 13.2 Å². The van der Waals surface area contributed by atoms with Crippen LogP contribution in [-0.2, 0) is 28.6 Å². The Morgan fingerprint density at radius 1 is 0.253 bits per heavy atom. The van der Waals surface area contributed by atoms with Gasteiger partial charge in [0.2, 0.25) is 0 Å². The molecule has 0 heterocycles. The molecule has 0 aliphatic carbocycles. The fourth-order valence-electron chi connectivity index (χ4n) is 10.2. The maximum atomic E-state index is 13.0. The first kappa shape index (κ1) is 79.3. The molecule has 0 N–H and O–H groups in total. The van der Waals surface area contributed by atoms with E-state index < -0.39 is 6.10 Å². The normalized spacial score (nSPS) is 12.7. The van der Waals surface area contributed by atoms with E-state index in [1.165, 1.54) is 212 Å². The highest BCUT2D eigenvalue weighted by atomic mass is 16.6. The predicted octanol–water partition coefficient (Wildman–Crippen LogP) is 24.8. The predicted molar refractivity (Wildman–Crippen MR) is 362 cm³/mol. The smallest absolute Gasteiger partial charge is 0.306 e. The van der Waals surface area contributed by atoms with E-state index in [-0.39, 0.29) is 31.1 Å². The molecule has 1 unspecified atom stereocenters. The van der Waals surface area contributed by atoms with Gasteiger partial charge in [-0.25, -0.2) is 0 Å². The van der Waals surface area contributed by atoms with Gasteiger partial charge in [0.25, 0.3) is 0 Å². The Bertz CT molecular complexity index is 1610. The second-order valence-corrected chi connectivity index (χ2v) is 23.8. The average Bonchev–Trinajstić information content (AvgIpc) is 3.49. The Morgan fingerprint density at radius 2 is 0.470 bits per heavy atom. The molecule has 0 aliphatic heterocycles. The third-order valence-electron chi connectivity index (χ3n) is 15.5. The van der Waals surface area contributed by atoms with Crippen molar-refractivity contribution >= 4 is 17.9 Å². The van der Waals surface area contributed by atoms with Crippen LogP contribution in [-0.4, -0.2) is 37.2 Å². The Hall–Kier alpha value is -3.67. The summed E-state index contributed by atoms with van der Waals surface area (Å²) in [6, 6.07) is 0. The van der Waals surface area contributed by atoms with Crippen LogP contribution >= 0.6 is 0 Å². The van der Waals surface area contributed by atoms with Gasteiger partial charge in [-0.1, -0.05) is 311 Å². The Balaban J connectivity index is 4.38. The summed E-state index contributed by atoms with van der Waals surface area (Å²) in [7, 11) is 0. The number of ether oxygens (including phenoxy) is 3. The molecule has 0 aromatic heterocycles. The Morgan fingerprint density at radius 3 is 0.735 bits per heavy atom. The second-order valence-electron chi connectivity index (χ2n) is 23.8. The zero-order valence-electron chi connectivity index (χ0n) is 54.9. The zero-order valence-corrected chi connectivity index (χ0v) is 54.9. The van der Waals surface area contributed by atoms with Crippen LogP contribution in [0.4, 0.5) is 0 Å². The fraction of sp³-hybridized carbons (Fsp3) is 0.753. The highest BCUT2D eigenvalue weighted by molar-refractivity contribution is 5.71. The summed E-state index contributed by atoms with van der Waals surface area (Å²) < 4.78 is 17.0. The first-order valence-electron chi connectivity index (χ1n) is 35.7. The van der Waals surface area contributed by atoms with Gasteiger partial charge in [-0.15, -0.1) is 0 Å². The van der Waals surface area contributed by atoms with Crippen molar-refractivity contribution in [2.45, 2.75) is 361 Å². The minimum absolute atomic E-state index is 0.0828. The minimum Gasteiger partial charge on any atom is -0.462 e. The molecule has 1 atom stereocenters. The van der Waals surface area contributed by atoms with Gasteiger partial charge in [0, 0.05) is 19.3 Å². The standard InChI is InChI=1S/C77H134O6/c1-4-7-10-13-16-19-22-25-28-31-34-36-37-38-39-41-43-46-49-52-55-58-61-64-67-70-76(79)82-73-74(72-81-75(78)69-66-63-60-57-54-51-48-45-42-33-30-27-24-21-18-15-12-9-6-3)83-77(80)71-68-65-62-59-56-53-50-47-44-40-35-32-29-26-23-20-17-14-11-8-5-2/h9,12,18,21-23,25-27,30-32,34-35,42,45,74H,4-8,10-11,13-17,19-20,24,28-29,33,36-41,43-44,46-73H2,1-3H3/b12-9-,21-18-,25-22-,26-23-,30-27-,34-31-,35-32-,45-42-. The molecular formula is C77H134O6. The summed E-state index contributed by atoms with van der Waals surface area (Å²) in [6.45, 7) is 6.54. The van der Waals surface area contributed by atoms with Crippen LogP contribution in [0.2, 0.25) is 0 Å². The van der Waals surface area contributed by atoms with Crippen molar-refractivity contribution in [3.63, 3.8) is 0 Å². The molecule has 0 rings (SSSR count). The highest BCUT2D eigenvalue weighted by Crippen LogP contribution is 2.17. The van der Waals surface area contributed by atoms with Crippen molar-refractivity contribution in [3.8, 4) is 0 Å². The lowest BCUT2D eigenvalue weighted by Crippen LogP contribution is -2.30. The van der Waals surface area contributed by atoms with E-state index >= 15 is 0 Å². The first-order chi connectivity index (χ1) is 41.0. The summed E-state index contributed by atoms with van der Waals surface area (Å²) in [5.41, 5.74) is 0. The van der Waals surface area contributed by atoms with E-state index in [2.05, 4.69) is 118 Å². The number of allylic oxidation sites excluding steroid dienone is 16. The number of hydrogen-bond donors (Lipinski definition) is 0. The minimum atomic E-state index is -0.789. The summed E-state index contributed by atoms with van der Waals surface area (Å²) in [6.07, 6.45) is 95.7. The summed E-state index contributed by atoms with van der Waals surface area (Å²) >= 11 is 0. The molecule has 0 spiro atoms. The largest absolute Gasteiger partial charge is 0.462 e. The van der Waals surface area contributed by atoms with Crippen molar-refractivity contribution in [2.24, 2.45) is 0 Å². The van der Waals surface area contributed by atoms with Crippen LogP contribution < -0.4 is 0 Å². The van der Waals surface area contributed by atoms with Gasteiger partial charge in [0.05, 0.1) is 0 Å². The van der Waals surface area contributed by atoms with Gasteiger partial charge >= 0.3 is 17.9 Å². The number of esters is 3. The maximum Gasteiger partial charge on any atom is 0.306 e. The molecule has 0 aliphatic rings. The van der Waals surface area contributed by atoms with Crippen LogP contribution in [0.15, 0.2) is 97.2 Å². The molecule has 0 bridgehead atoms. The molecule has 0 saturated heterocycles. The van der Waals surface area contributed by atoms with Crippen LogP contribution in [0.1, 0.15) is 355 Å². The molecule has 0 saturated carbocycles. The number of carbonyl (C=O) groups is 3. The summed E-state index contributed by atoms with van der Waals surface area (Å²) in [5.74, 6) is -0.886. The van der Waals surface area contributed by atoms with Gasteiger partial charge in [-0.3, -0.25) is 14.4 Å². The van der Waals surface area contributed by atoms with E-state index in [1.54, 1.807) is 0 Å². The van der Waals surface area contributed by atoms with E-state index in [0.29, 0.717) is 19.3 Å². The number of rotatable bonds is 65. The summed E-state index contributed by atoms with van der Waals surface area (Å²) in [5, 5.41) is 0. The molecule has 0 aromatic carbocycles. The third kappa shape index (κ3) is 69.0. The lowest BCUT2D eigenvalue weighted by molar-refractivity contribution is -0.167. The summed E-state index contributed by atoms with van der Waals surface area (Å²) in [4.78, 5) is 38.5. The molecule has 6 nitrogen and oxygen atoms in total. The molecule has 0 fully saturated rings. The molecule has 0 amide bonds. The quantitative estimate of drug-likeness (QED) is 0.0261. The number of carbonyl (C=O) groups excluding carboxylic acids is 3. The number of hydrogen-bond acceptors (Lipinski definition) is 6. The third-order valence-corrected chi connectivity index (χ3v) is 15.5. The van der Waals surface area contributed by atoms with E-state index in [9.17, 15) is 14.4 Å². The zero-order chi connectivity index (χ0) is 59.9. The van der Waals surface area contributed by atoms with E-state index in [4.69, 9.17) is 14.2 Å². The molecular weight excluding hydrogens is 1020 g/mol. The highest BCUT2D eigenvalue weighted by Gasteiger charge is 2.19. The molecule has 6 heteroatoms. The molecule has 0 aromatic rings. The molecule has 83 heavy (non-hydrogen) atoms. The van der Waals surface area contributed by atoms with E-state index in [0.717, 1.165) is 103 Å². The van der Waals surface area contributed by atoms with Crippen molar-refractivity contribution in [1.82, 2.24) is 0 Å². The van der Waals surface area contributed by atoms with Crippen molar-refractivity contribution in [1.29, 1.82) is 0 Å². The second kappa shape index (κ2) is 70.8. The van der Waals surface area contributed by atoms with Gasteiger partial charge < -0.3 is 14.2 Å². The van der Waals surface area contributed by atoms with E-state index in [1.807, 2.05) is 0 Å². The SMILES string of the molecule is CC/C=C\C/C=C\C/C=C\C/C=C\CCCCCCCCC(=O)OCC(COC(=O)CCCCCCCCCCCCCCC/C=C\C/C=C\CCCCCCC)OC(=O)CCCCCCCCCCC/C=C\C/C=C\CCCCCCC. The maximum absolute atomic E-state index is 13.0.